The molecule has 1 aromatic heterocycles. The molecule has 1 heterocycles. The van der Waals surface area contributed by atoms with Crippen molar-refractivity contribution in [3.05, 3.63) is 72.8 Å². The van der Waals surface area contributed by atoms with E-state index in [0.29, 0.717) is 6.42 Å². The molecule has 0 unspecified atom stereocenters. The second-order valence-corrected chi connectivity index (χ2v) is 5.94. The van der Waals surface area contributed by atoms with Crippen LogP contribution < -0.4 is 0 Å². The van der Waals surface area contributed by atoms with Crippen LogP contribution in [0.4, 0.5) is 0 Å². The summed E-state index contributed by atoms with van der Waals surface area (Å²) in [6, 6.07) is 25.6. The first kappa shape index (κ1) is 16.8. The minimum Gasteiger partial charge on any atom is -0.481 e. The van der Waals surface area contributed by atoms with Crippen molar-refractivity contribution in [1.82, 2.24) is 4.98 Å². The minimum atomic E-state index is -0.711. The smallest absolute Gasteiger partial charge is 0.303 e. The maximum Gasteiger partial charge on any atom is 0.303 e. The summed E-state index contributed by atoms with van der Waals surface area (Å²) in [7, 11) is 0. The van der Waals surface area contributed by atoms with Crippen molar-refractivity contribution in [2.45, 2.75) is 19.8 Å². The van der Waals surface area contributed by atoms with Gasteiger partial charge in [-0.2, -0.15) is 0 Å². The Hall–Kier alpha value is -3.07. The van der Waals surface area contributed by atoms with Gasteiger partial charge in [-0.1, -0.05) is 67.6 Å². The molecule has 0 amide bonds. The van der Waals surface area contributed by atoms with Crippen LogP contribution in [0, 0.1) is 0 Å². The van der Waals surface area contributed by atoms with Gasteiger partial charge in [0.25, 0.3) is 0 Å². The first-order valence-corrected chi connectivity index (χ1v) is 8.46. The third kappa shape index (κ3) is 3.89. The van der Waals surface area contributed by atoms with Crippen molar-refractivity contribution in [2.24, 2.45) is 0 Å². The van der Waals surface area contributed by atoms with E-state index in [-0.39, 0.29) is 0 Å². The van der Waals surface area contributed by atoms with Gasteiger partial charge < -0.3 is 10.1 Å². The lowest BCUT2D eigenvalue weighted by Crippen LogP contribution is -1.90. The fourth-order valence-corrected chi connectivity index (χ4v) is 2.89. The van der Waals surface area contributed by atoms with Crippen molar-refractivity contribution < 1.29 is 9.90 Å². The van der Waals surface area contributed by atoms with E-state index in [4.69, 9.17) is 5.11 Å². The number of aromatic amines is 1. The van der Waals surface area contributed by atoms with Crippen molar-refractivity contribution >= 4 is 27.6 Å². The normalized spacial score (nSPS) is 10.4. The van der Waals surface area contributed by atoms with Gasteiger partial charge in [0.05, 0.1) is 0 Å². The Kier molecular flexibility index (Phi) is 5.14. The molecule has 0 spiro atoms. The molecule has 0 fully saturated rings. The number of fused-ring (bicyclic) bond motifs is 2. The van der Waals surface area contributed by atoms with Gasteiger partial charge in [-0.3, -0.25) is 4.79 Å². The van der Waals surface area contributed by atoms with E-state index in [9.17, 15) is 4.79 Å². The number of hydrogen-bond donors (Lipinski definition) is 2. The van der Waals surface area contributed by atoms with Crippen LogP contribution in [0.15, 0.2) is 72.8 Å². The quantitative estimate of drug-likeness (QED) is 0.494. The van der Waals surface area contributed by atoms with Gasteiger partial charge in [0.2, 0.25) is 0 Å². The van der Waals surface area contributed by atoms with Crippen LogP contribution in [0.1, 0.15) is 19.8 Å². The number of para-hydroxylation sites is 1. The lowest BCUT2D eigenvalue weighted by Gasteiger charge is -2.04. The largest absolute Gasteiger partial charge is 0.481 e. The van der Waals surface area contributed by atoms with Crippen LogP contribution in [0.2, 0.25) is 0 Å². The summed E-state index contributed by atoms with van der Waals surface area (Å²) < 4.78 is 0. The third-order valence-electron chi connectivity index (χ3n) is 4.07. The standard InChI is InChI=1S/C18H13N.C4H8O2/c1-3-9-15-13(6-1)8-5-10-16(15)18-12-14-7-2-4-11-17(14)19-18;1-2-3-4(5)6/h1-12,19H;2-3H2,1H3,(H,5,6). The van der Waals surface area contributed by atoms with E-state index in [2.05, 4.69) is 77.8 Å². The average molecular weight is 331 g/mol. The van der Waals surface area contributed by atoms with Crippen molar-refractivity contribution in [3.63, 3.8) is 0 Å². The number of benzene rings is 3. The highest BCUT2D eigenvalue weighted by molar-refractivity contribution is 5.98. The Morgan fingerprint density at radius 3 is 2.28 bits per heavy atom. The second-order valence-electron chi connectivity index (χ2n) is 5.94. The van der Waals surface area contributed by atoms with Crippen LogP contribution in [0.5, 0.6) is 0 Å². The van der Waals surface area contributed by atoms with Gasteiger partial charge in [-0.15, -0.1) is 0 Å². The summed E-state index contributed by atoms with van der Waals surface area (Å²) in [5, 5.41) is 11.7. The first-order valence-electron chi connectivity index (χ1n) is 8.46. The molecule has 2 N–H and O–H groups in total. The molecular weight excluding hydrogens is 310 g/mol. The first-order chi connectivity index (χ1) is 12.2. The Morgan fingerprint density at radius 2 is 1.60 bits per heavy atom. The molecule has 0 aliphatic heterocycles. The van der Waals surface area contributed by atoms with Gasteiger partial charge in [-0.25, -0.2) is 0 Å². The lowest BCUT2D eigenvalue weighted by atomic mass is 10.0. The molecule has 0 radical (unpaired) electrons. The van der Waals surface area contributed by atoms with Gasteiger partial charge >= 0.3 is 5.97 Å². The van der Waals surface area contributed by atoms with Crippen molar-refractivity contribution in [2.75, 3.05) is 0 Å². The molecule has 126 valence electrons. The minimum absolute atomic E-state index is 0.292. The van der Waals surface area contributed by atoms with E-state index >= 15 is 0 Å². The summed E-state index contributed by atoms with van der Waals surface area (Å²) in [6.45, 7) is 1.84. The molecule has 0 atom stereocenters. The molecule has 3 heteroatoms. The summed E-state index contributed by atoms with van der Waals surface area (Å²) in [4.78, 5) is 13.1. The molecule has 0 aliphatic rings. The maximum absolute atomic E-state index is 9.60. The number of rotatable bonds is 3. The highest BCUT2D eigenvalue weighted by Crippen LogP contribution is 2.30. The Balaban J connectivity index is 0.000000265. The topological polar surface area (TPSA) is 53.1 Å². The van der Waals surface area contributed by atoms with E-state index in [1.54, 1.807) is 0 Å². The lowest BCUT2D eigenvalue weighted by molar-refractivity contribution is -0.137. The van der Waals surface area contributed by atoms with Crippen LogP contribution in [-0.4, -0.2) is 16.1 Å². The zero-order valence-corrected chi connectivity index (χ0v) is 14.2. The highest BCUT2D eigenvalue weighted by atomic mass is 16.4. The molecule has 0 saturated heterocycles. The van der Waals surface area contributed by atoms with Gasteiger partial charge in [0, 0.05) is 28.6 Å². The van der Waals surface area contributed by atoms with Crippen LogP contribution in [0.25, 0.3) is 32.9 Å². The van der Waals surface area contributed by atoms with E-state index in [1.165, 1.54) is 32.9 Å². The number of aromatic nitrogens is 1. The number of hydrogen-bond acceptors (Lipinski definition) is 1. The monoisotopic (exact) mass is 331 g/mol. The number of nitrogens with one attached hydrogen (secondary N) is 1. The fraction of sp³-hybridized carbons (Fsp3) is 0.136. The molecule has 0 saturated carbocycles. The van der Waals surface area contributed by atoms with Crippen LogP contribution >= 0.6 is 0 Å². The highest BCUT2D eigenvalue weighted by Gasteiger charge is 2.06. The Morgan fingerprint density at radius 1 is 0.920 bits per heavy atom. The zero-order valence-electron chi connectivity index (χ0n) is 14.2. The predicted molar refractivity (Wildman–Crippen MR) is 104 cm³/mol. The number of carbonyl (C=O) groups is 1. The number of carboxylic acids is 1. The molecule has 3 nitrogen and oxygen atoms in total. The van der Waals surface area contributed by atoms with Gasteiger partial charge in [-0.05, 0) is 29.3 Å². The number of carboxylic acid groups (broad SMARTS) is 1. The molecule has 25 heavy (non-hydrogen) atoms. The number of aliphatic carboxylic acids is 1. The van der Waals surface area contributed by atoms with E-state index in [1.807, 2.05) is 6.92 Å². The SMILES string of the molecule is CCCC(=O)O.c1ccc2[nH]c(-c3cccc4ccccc34)cc2c1. The molecule has 0 bridgehead atoms. The number of H-pyrrole nitrogens is 1. The second kappa shape index (κ2) is 7.67. The molecule has 0 aliphatic carbocycles. The zero-order chi connectivity index (χ0) is 17.6. The Bertz CT molecular complexity index is 963. The van der Waals surface area contributed by atoms with Crippen LogP contribution in [0.3, 0.4) is 0 Å². The molecule has 4 aromatic rings. The summed E-state index contributed by atoms with van der Waals surface area (Å²) >= 11 is 0. The molecule has 3 aromatic carbocycles. The van der Waals surface area contributed by atoms with Crippen molar-refractivity contribution in [3.8, 4) is 11.3 Å². The van der Waals surface area contributed by atoms with E-state index in [0.717, 1.165) is 6.42 Å². The van der Waals surface area contributed by atoms with Gasteiger partial charge in [0.15, 0.2) is 0 Å². The fourth-order valence-electron chi connectivity index (χ4n) is 2.89. The third-order valence-corrected chi connectivity index (χ3v) is 4.07. The summed E-state index contributed by atoms with van der Waals surface area (Å²) in [5.74, 6) is -0.711. The summed E-state index contributed by atoms with van der Waals surface area (Å²) in [5.41, 5.74) is 3.62. The van der Waals surface area contributed by atoms with Gasteiger partial charge in [0.1, 0.15) is 0 Å². The average Bonchev–Trinajstić information content (AvgIpc) is 3.05. The van der Waals surface area contributed by atoms with E-state index < -0.39 is 5.97 Å². The van der Waals surface area contributed by atoms with Crippen molar-refractivity contribution in [1.29, 1.82) is 0 Å². The Labute approximate surface area is 146 Å². The predicted octanol–water partition coefficient (Wildman–Crippen LogP) is 5.86. The summed E-state index contributed by atoms with van der Waals surface area (Å²) in [6.07, 6.45) is 1.02. The molecular formula is C22H21NO2. The maximum atomic E-state index is 9.60. The molecule has 4 rings (SSSR count). The van der Waals surface area contributed by atoms with Crippen LogP contribution in [-0.2, 0) is 4.79 Å².